The molecule has 1 amide bonds. The molecule has 1 aliphatic heterocycles. The number of amides is 1. The molecule has 13 heteroatoms. The van der Waals surface area contributed by atoms with Gasteiger partial charge in [-0.15, -0.1) is 0 Å². The van der Waals surface area contributed by atoms with Crippen LogP contribution in [0, 0.1) is 0 Å². The van der Waals surface area contributed by atoms with Crippen LogP contribution in [0.25, 0.3) is 39.0 Å². The van der Waals surface area contributed by atoms with Crippen molar-refractivity contribution < 1.29 is 14.6 Å². The Balaban J connectivity index is 1.29. The van der Waals surface area contributed by atoms with Gasteiger partial charge in [-0.25, -0.2) is 9.50 Å². The Hall–Kier alpha value is -4.26. The Labute approximate surface area is 288 Å². The van der Waals surface area contributed by atoms with Gasteiger partial charge in [0, 0.05) is 78.7 Å². The number of nitrogens with one attached hydrogen (secondary N) is 2. The van der Waals surface area contributed by atoms with E-state index in [0.29, 0.717) is 65.6 Å². The molecule has 5 aromatic rings. The SMILES string of the molecule is COc1nc(-c2cccc(-c3cccc(-c4cc5c(=O)n(C)c(CN(C)CCO)nn5c4)c3Cl)c2Cl)ccc1CNC[C@@H]1CCC(=O)N1. The number of pyridine rings is 1. The summed E-state index contributed by atoms with van der Waals surface area (Å²) in [7, 11) is 5.14. The van der Waals surface area contributed by atoms with Crippen molar-refractivity contribution in [1.82, 2.24) is 34.7 Å². The molecule has 0 aliphatic carbocycles. The number of aliphatic hydroxyl groups is 1. The third-order valence-electron chi connectivity index (χ3n) is 8.63. The van der Waals surface area contributed by atoms with E-state index in [1.54, 1.807) is 30.9 Å². The number of aliphatic hydroxyl groups excluding tert-OH is 1. The van der Waals surface area contributed by atoms with Gasteiger partial charge in [0.1, 0.15) is 11.3 Å². The van der Waals surface area contributed by atoms with Gasteiger partial charge in [0.2, 0.25) is 11.8 Å². The zero-order chi connectivity index (χ0) is 33.9. The Kier molecular flexibility index (Phi) is 10.1. The van der Waals surface area contributed by atoms with Crippen LogP contribution < -0.4 is 20.9 Å². The molecule has 0 saturated carbocycles. The second-order valence-corrected chi connectivity index (χ2v) is 12.7. The summed E-state index contributed by atoms with van der Waals surface area (Å²) in [6.45, 7) is 2.09. The number of hydrogen-bond donors (Lipinski definition) is 3. The maximum atomic E-state index is 13.3. The minimum Gasteiger partial charge on any atom is -0.481 e. The summed E-state index contributed by atoms with van der Waals surface area (Å²) in [5.74, 6) is 1.15. The quantitative estimate of drug-likeness (QED) is 0.174. The highest BCUT2D eigenvalue weighted by atomic mass is 35.5. The zero-order valence-electron chi connectivity index (χ0n) is 27.0. The predicted octanol–water partition coefficient (Wildman–Crippen LogP) is 4.54. The van der Waals surface area contributed by atoms with E-state index in [1.165, 1.54) is 4.57 Å². The van der Waals surface area contributed by atoms with Crippen LogP contribution in [0.4, 0.5) is 0 Å². The summed E-state index contributed by atoms with van der Waals surface area (Å²) < 4.78 is 8.75. The number of carbonyl (C=O) groups is 1. The maximum absolute atomic E-state index is 13.3. The molecule has 0 spiro atoms. The maximum Gasteiger partial charge on any atom is 0.277 e. The molecule has 3 N–H and O–H groups in total. The molecule has 1 aliphatic rings. The summed E-state index contributed by atoms with van der Waals surface area (Å²) in [5, 5.41) is 21.3. The molecule has 1 saturated heterocycles. The first-order chi connectivity index (χ1) is 23.2. The summed E-state index contributed by atoms with van der Waals surface area (Å²) >= 11 is 14.2. The molecule has 48 heavy (non-hydrogen) atoms. The van der Waals surface area contributed by atoms with E-state index in [-0.39, 0.29) is 24.1 Å². The summed E-state index contributed by atoms with van der Waals surface area (Å²) in [5.41, 5.74) is 5.45. The number of benzene rings is 2. The number of methoxy groups -OCH3 is 1. The molecule has 0 radical (unpaired) electrons. The molecule has 11 nitrogen and oxygen atoms in total. The number of halogens is 2. The van der Waals surface area contributed by atoms with Gasteiger partial charge in [0.15, 0.2) is 0 Å². The van der Waals surface area contributed by atoms with Gasteiger partial charge in [-0.3, -0.25) is 19.1 Å². The highest BCUT2D eigenvalue weighted by molar-refractivity contribution is 6.39. The van der Waals surface area contributed by atoms with E-state index in [0.717, 1.165) is 39.8 Å². The van der Waals surface area contributed by atoms with Crippen molar-refractivity contribution in [2.24, 2.45) is 7.05 Å². The van der Waals surface area contributed by atoms with Crippen LogP contribution in [0.2, 0.25) is 10.0 Å². The first-order valence-electron chi connectivity index (χ1n) is 15.7. The summed E-state index contributed by atoms with van der Waals surface area (Å²) in [4.78, 5) is 31.4. The number of rotatable bonds is 12. The van der Waals surface area contributed by atoms with E-state index in [4.69, 9.17) is 32.9 Å². The van der Waals surface area contributed by atoms with E-state index in [9.17, 15) is 14.7 Å². The average Bonchev–Trinajstić information content (AvgIpc) is 3.70. The van der Waals surface area contributed by atoms with Gasteiger partial charge < -0.3 is 20.5 Å². The summed E-state index contributed by atoms with van der Waals surface area (Å²) in [6, 6.07) is 17.2. The topological polar surface area (TPSA) is 126 Å². The smallest absolute Gasteiger partial charge is 0.277 e. The predicted molar refractivity (Wildman–Crippen MR) is 187 cm³/mol. The standard InChI is InChI=1S/C35H37Cl2N7O4/c1-42(14-15-45)20-30-41-44-19-22(16-29(44)35(47)43(30)2)24-6-4-7-25(32(24)36)26-8-5-9-27(33(26)37)28-12-10-21(34(40-28)48-3)17-38-18-23-11-13-31(46)39-23/h4-10,12,16,19,23,38,45H,11,13-15,17-18,20H2,1-3H3,(H,39,46)/t23-/m0/s1. The highest BCUT2D eigenvalue weighted by Crippen LogP contribution is 2.42. The minimum absolute atomic E-state index is 0.0148. The Morgan fingerprint density at radius 1 is 1.06 bits per heavy atom. The fourth-order valence-electron chi connectivity index (χ4n) is 5.99. The molecule has 4 heterocycles. The molecule has 0 unspecified atom stereocenters. The number of nitrogens with zero attached hydrogens (tertiary/aromatic N) is 5. The summed E-state index contributed by atoms with van der Waals surface area (Å²) in [6.07, 6.45) is 3.19. The number of likely N-dealkylation sites (N-methyl/N-ethyl adjacent to an activating group) is 1. The second kappa shape index (κ2) is 14.5. The van der Waals surface area contributed by atoms with Crippen molar-refractivity contribution in [3.05, 3.63) is 92.6 Å². The fraction of sp³-hybridized carbons (Fsp3) is 0.314. The zero-order valence-corrected chi connectivity index (χ0v) is 28.5. The number of fused-ring (bicyclic) bond motifs is 1. The Morgan fingerprint density at radius 2 is 1.77 bits per heavy atom. The van der Waals surface area contributed by atoms with Crippen molar-refractivity contribution in [3.8, 4) is 39.4 Å². The van der Waals surface area contributed by atoms with E-state index in [2.05, 4.69) is 15.7 Å². The lowest BCUT2D eigenvalue weighted by Crippen LogP contribution is -2.35. The lowest BCUT2D eigenvalue weighted by Gasteiger charge is -2.16. The van der Waals surface area contributed by atoms with Crippen molar-refractivity contribution in [3.63, 3.8) is 0 Å². The lowest BCUT2D eigenvalue weighted by atomic mass is 9.97. The van der Waals surface area contributed by atoms with Crippen LogP contribution >= 0.6 is 23.2 Å². The van der Waals surface area contributed by atoms with Gasteiger partial charge in [-0.2, -0.15) is 5.10 Å². The van der Waals surface area contributed by atoms with Crippen molar-refractivity contribution in [2.75, 3.05) is 33.9 Å². The first kappa shape index (κ1) is 33.6. The molecule has 1 fully saturated rings. The lowest BCUT2D eigenvalue weighted by molar-refractivity contribution is -0.119. The molecule has 3 aromatic heterocycles. The normalized spacial score (nSPS) is 14.6. The van der Waals surface area contributed by atoms with Crippen molar-refractivity contribution in [1.29, 1.82) is 0 Å². The second-order valence-electron chi connectivity index (χ2n) is 11.9. The molecule has 250 valence electrons. The van der Waals surface area contributed by atoms with E-state index in [1.807, 2.05) is 60.5 Å². The van der Waals surface area contributed by atoms with Crippen LogP contribution in [-0.2, 0) is 24.9 Å². The van der Waals surface area contributed by atoms with Gasteiger partial charge in [0.25, 0.3) is 5.56 Å². The molecule has 1 atom stereocenters. The van der Waals surface area contributed by atoms with Crippen molar-refractivity contribution in [2.45, 2.75) is 32.0 Å². The fourth-order valence-corrected chi connectivity index (χ4v) is 6.66. The highest BCUT2D eigenvalue weighted by Gasteiger charge is 2.21. The minimum atomic E-state index is -0.182. The van der Waals surface area contributed by atoms with E-state index >= 15 is 0 Å². The molecule has 0 bridgehead atoms. The van der Waals surface area contributed by atoms with Gasteiger partial charge >= 0.3 is 0 Å². The average molecular weight is 691 g/mol. The van der Waals surface area contributed by atoms with Crippen LogP contribution in [0.1, 0.15) is 24.2 Å². The molecule has 2 aromatic carbocycles. The largest absolute Gasteiger partial charge is 0.481 e. The van der Waals surface area contributed by atoms with E-state index < -0.39 is 0 Å². The Bertz CT molecular complexity index is 2040. The van der Waals surface area contributed by atoms with Gasteiger partial charge in [-0.1, -0.05) is 65.7 Å². The van der Waals surface area contributed by atoms with Crippen LogP contribution in [0.15, 0.2) is 65.6 Å². The Morgan fingerprint density at radius 3 is 2.46 bits per heavy atom. The number of ether oxygens (including phenoxy) is 1. The molecule has 6 rings (SSSR count). The van der Waals surface area contributed by atoms with Gasteiger partial charge in [0.05, 0.1) is 36.0 Å². The van der Waals surface area contributed by atoms with Crippen LogP contribution in [-0.4, -0.2) is 75.0 Å². The first-order valence-corrected chi connectivity index (χ1v) is 16.4. The molecular formula is C35H37Cl2N7O4. The third-order valence-corrected chi connectivity index (χ3v) is 9.44. The van der Waals surface area contributed by atoms with Gasteiger partial charge in [-0.05, 0) is 25.6 Å². The van der Waals surface area contributed by atoms with Crippen LogP contribution in [0.3, 0.4) is 0 Å². The third kappa shape index (κ3) is 6.83. The van der Waals surface area contributed by atoms with Crippen molar-refractivity contribution >= 4 is 34.6 Å². The number of hydrogen-bond acceptors (Lipinski definition) is 8. The molecular weight excluding hydrogens is 653 g/mol. The number of carbonyl (C=O) groups excluding carboxylic acids is 1. The monoisotopic (exact) mass is 689 g/mol. The number of aromatic nitrogens is 4. The van der Waals surface area contributed by atoms with Crippen LogP contribution in [0.5, 0.6) is 5.88 Å².